The Bertz CT molecular complexity index is 729. The fourth-order valence-electron chi connectivity index (χ4n) is 2.16. The fourth-order valence-corrected chi connectivity index (χ4v) is 2.29. The van der Waals surface area contributed by atoms with Gasteiger partial charge in [-0.3, -0.25) is 4.79 Å². The summed E-state index contributed by atoms with van der Waals surface area (Å²) in [5.41, 5.74) is 1.47. The molecule has 3 aromatic rings. The van der Waals surface area contributed by atoms with Crippen LogP contribution in [-0.2, 0) is 6.42 Å². The van der Waals surface area contributed by atoms with Gasteiger partial charge in [0.15, 0.2) is 0 Å². The first kappa shape index (κ1) is 13.7. The fraction of sp³-hybridized carbons (Fsp3) is 0.118. The van der Waals surface area contributed by atoms with E-state index in [4.69, 9.17) is 16.0 Å². The molecule has 0 radical (unpaired) electrons. The molecule has 1 heterocycles. The van der Waals surface area contributed by atoms with Crippen molar-refractivity contribution >= 4 is 28.5 Å². The van der Waals surface area contributed by atoms with Crippen molar-refractivity contribution in [3.8, 4) is 0 Å². The summed E-state index contributed by atoms with van der Waals surface area (Å²) < 4.78 is 5.70. The summed E-state index contributed by atoms with van der Waals surface area (Å²) >= 11 is 5.80. The van der Waals surface area contributed by atoms with Gasteiger partial charge in [-0.1, -0.05) is 29.8 Å². The van der Waals surface area contributed by atoms with Gasteiger partial charge in [-0.2, -0.15) is 0 Å². The van der Waals surface area contributed by atoms with Crippen LogP contribution in [0.3, 0.4) is 0 Å². The Morgan fingerprint density at radius 3 is 2.62 bits per heavy atom. The first-order chi connectivity index (χ1) is 10.2. The summed E-state index contributed by atoms with van der Waals surface area (Å²) in [6, 6.07) is 16.7. The number of carbonyl (C=O) groups is 1. The molecule has 0 unspecified atom stereocenters. The zero-order chi connectivity index (χ0) is 14.7. The molecule has 1 amide bonds. The van der Waals surface area contributed by atoms with Crippen molar-refractivity contribution in [1.82, 2.24) is 5.32 Å². The van der Waals surface area contributed by atoms with Crippen LogP contribution in [0.1, 0.15) is 16.1 Å². The van der Waals surface area contributed by atoms with E-state index in [-0.39, 0.29) is 5.91 Å². The molecular weight excluding hydrogens is 286 g/mol. The number of para-hydroxylation sites is 1. The van der Waals surface area contributed by atoms with E-state index in [2.05, 4.69) is 5.32 Å². The molecule has 0 aliphatic rings. The summed E-state index contributed by atoms with van der Waals surface area (Å²) in [6.45, 7) is 0.529. The van der Waals surface area contributed by atoms with Crippen molar-refractivity contribution in [2.75, 3.05) is 6.54 Å². The second kappa shape index (κ2) is 6.02. The number of hydrogen-bond acceptors (Lipinski definition) is 2. The van der Waals surface area contributed by atoms with Gasteiger partial charge in [0.1, 0.15) is 11.3 Å². The smallest absolute Gasteiger partial charge is 0.251 e. The summed E-state index contributed by atoms with van der Waals surface area (Å²) in [5.74, 6) is 0.760. The SMILES string of the molecule is O=C(NCCc1cc2ccccc2o1)c1ccc(Cl)cc1. The third kappa shape index (κ3) is 3.26. The van der Waals surface area contributed by atoms with Crippen LogP contribution in [0, 0.1) is 0 Å². The van der Waals surface area contributed by atoms with Gasteiger partial charge in [0.25, 0.3) is 5.91 Å². The van der Waals surface area contributed by atoms with E-state index in [1.807, 2.05) is 30.3 Å². The number of amides is 1. The van der Waals surface area contributed by atoms with Gasteiger partial charge in [0.05, 0.1) is 0 Å². The minimum Gasteiger partial charge on any atom is -0.461 e. The molecule has 3 rings (SSSR count). The average Bonchev–Trinajstić information content (AvgIpc) is 2.90. The van der Waals surface area contributed by atoms with E-state index >= 15 is 0 Å². The van der Waals surface area contributed by atoms with E-state index in [1.54, 1.807) is 24.3 Å². The van der Waals surface area contributed by atoms with Crippen LogP contribution in [0.15, 0.2) is 59.0 Å². The van der Waals surface area contributed by atoms with Crippen molar-refractivity contribution in [2.45, 2.75) is 6.42 Å². The quantitative estimate of drug-likeness (QED) is 0.789. The Hall–Kier alpha value is -2.26. The van der Waals surface area contributed by atoms with E-state index in [1.165, 1.54) is 0 Å². The Morgan fingerprint density at radius 2 is 1.86 bits per heavy atom. The van der Waals surface area contributed by atoms with Crippen LogP contribution in [0.4, 0.5) is 0 Å². The van der Waals surface area contributed by atoms with Gasteiger partial charge < -0.3 is 9.73 Å². The highest BCUT2D eigenvalue weighted by atomic mass is 35.5. The number of fused-ring (bicyclic) bond motifs is 1. The van der Waals surface area contributed by atoms with E-state index in [9.17, 15) is 4.79 Å². The maximum atomic E-state index is 11.9. The molecular formula is C17H14ClNO2. The second-order valence-corrected chi connectivity index (χ2v) is 5.20. The molecule has 0 saturated heterocycles. The van der Waals surface area contributed by atoms with E-state index in [0.29, 0.717) is 23.6 Å². The average molecular weight is 300 g/mol. The Balaban J connectivity index is 1.58. The minimum absolute atomic E-state index is 0.109. The van der Waals surface area contributed by atoms with Crippen LogP contribution >= 0.6 is 11.6 Å². The molecule has 2 aromatic carbocycles. The van der Waals surface area contributed by atoms with Crippen LogP contribution < -0.4 is 5.32 Å². The normalized spacial score (nSPS) is 10.7. The number of hydrogen-bond donors (Lipinski definition) is 1. The molecule has 0 aliphatic carbocycles. The third-order valence-electron chi connectivity index (χ3n) is 3.24. The topological polar surface area (TPSA) is 42.2 Å². The highest BCUT2D eigenvalue weighted by Gasteiger charge is 2.06. The van der Waals surface area contributed by atoms with Gasteiger partial charge in [0.2, 0.25) is 0 Å². The number of rotatable bonds is 4. The maximum absolute atomic E-state index is 11.9. The molecule has 0 atom stereocenters. The molecule has 0 bridgehead atoms. The zero-order valence-corrected chi connectivity index (χ0v) is 12.1. The number of benzene rings is 2. The molecule has 4 heteroatoms. The molecule has 1 N–H and O–H groups in total. The molecule has 0 aliphatic heterocycles. The lowest BCUT2D eigenvalue weighted by atomic mass is 10.2. The highest BCUT2D eigenvalue weighted by Crippen LogP contribution is 2.18. The number of carbonyl (C=O) groups excluding carboxylic acids is 1. The molecule has 3 nitrogen and oxygen atoms in total. The molecule has 0 saturated carbocycles. The van der Waals surface area contributed by atoms with Crippen molar-refractivity contribution in [1.29, 1.82) is 0 Å². The first-order valence-corrected chi connectivity index (χ1v) is 7.11. The Kier molecular flexibility index (Phi) is 3.93. The molecule has 21 heavy (non-hydrogen) atoms. The van der Waals surface area contributed by atoms with Gasteiger partial charge in [-0.25, -0.2) is 0 Å². The Labute approximate surface area is 127 Å². The number of nitrogens with one attached hydrogen (secondary N) is 1. The van der Waals surface area contributed by atoms with E-state index in [0.717, 1.165) is 16.7 Å². The van der Waals surface area contributed by atoms with Crippen molar-refractivity contribution < 1.29 is 9.21 Å². The summed E-state index contributed by atoms with van der Waals surface area (Å²) in [4.78, 5) is 11.9. The first-order valence-electron chi connectivity index (χ1n) is 6.73. The van der Waals surface area contributed by atoms with Gasteiger partial charge in [0, 0.05) is 28.9 Å². The van der Waals surface area contributed by atoms with Crippen LogP contribution in [-0.4, -0.2) is 12.5 Å². The second-order valence-electron chi connectivity index (χ2n) is 4.76. The lowest BCUT2D eigenvalue weighted by Crippen LogP contribution is -2.25. The highest BCUT2D eigenvalue weighted by molar-refractivity contribution is 6.30. The molecule has 0 fully saturated rings. The summed E-state index contributed by atoms with van der Waals surface area (Å²) in [7, 11) is 0. The van der Waals surface area contributed by atoms with Crippen LogP contribution in [0.2, 0.25) is 5.02 Å². The zero-order valence-electron chi connectivity index (χ0n) is 11.3. The number of halogens is 1. The molecule has 0 spiro atoms. The van der Waals surface area contributed by atoms with Gasteiger partial charge in [-0.05, 0) is 36.4 Å². The monoisotopic (exact) mass is 299 g/mol. The van der Waals surface area contributed by atoms with Crippen LogP contribution in [0.5, 0.6) is 0 Å². The van der Waals surface area contributed by atoms with Gasteiger partial charge in [-0.15, -0.1) is 0 Å². The molecule has 1 aromatic heterocycles. The maximum Gasteiger partial charge on any atom is 0.251 e. The molecule has 106 valence electrons. The lowest BCUT2D eigenvalue weighted by molar-refractivity contribution is 0.0954. The summed E-state index contributed by atoms with van der Waals surface area (Å²) in [6.07, 6.45) is 0.661. The largest absolute Gasteiger partial charge is 0.461 e. The minimum atomic E-state index is -0.109. The summed E-state index contributed by atoms with van der Waals surface area (Å²) in [5, 5.41) is 4.57. The lowest BCUT2D eigenvalue weighted by Gasteiger charge is -2.04. The van der Waals surface area contributed by atoms with Gasteiger partial charge >= 0.3 is 0 Å². The van der Waals surface area contributed by atoms with Crippen molar-refractivity contribution in [3.63, 3.8) is 0 Å². The van der Waals surface area contributed by atoms with E-state index < -0.39 is 0 Å². The predicted octanol–water partition coefficient (Wildman–Crippen LogP) is 4.06. The third-order valence-corrected chi connectivity index (χ3v) is 3.49. The Morgan fingerprint density at radius 1 is 1.10 bits per heavy atom. The van der Waals surface area contributed by atoms with Crippen LogP contribution in [0.25, 0.3) is 11.0 Å². The van der Waals surface area contributed by atoms with Crippen molar-refractivity contribution in [3.05, 3.63) is 70.9 Å². The standard InChI is InChI=1S/C17H14ClNO2/c18-14-7-5-12(6-8-14)17(20)19-10-9-15-11-13-3-1-2-4-16(13)21-15/h1-8,11H,9-10H2,(H,19,20). The van der Waals surface area contributed by atoms with Crippen molar-refractivity contribution in [2.24, 2.45) is 0 Å². The number of furan rings is 1. The predicted molar refractivity (Wildman–Crippen MR) is 83.7 cm³/mol.